The molecule has 1 fully saturated rings. The summed E-state index contributed by atoms with van der Waals surface area (Å²) in [5.41, 5.74) is 0. The maximum Gasteiger partial charge on any atom is 0.226 e. The molecule has 24 heavy (non-hydrogen) atoms. The van der Waals surface area contributed by atoms with Gasteiger partial charge in [0.2, 0.25) is 5.89 Å². The molecule has 3 rings (SSSR count). The van der Waals surface area contributed by atoms with E-state index in [0.29, 0.717) is 5.92 Å². The highest BCUT2D eigenvalue weighted by Crippen LogP contribution is 2.20. The molecule has 0 N–H and O–H groups in total. The zero-order chi connectivity index (χ0) is 16.9. The van der Waals surface area contributed by atoms with Crippen molar-refractivity contribution in [3.05, 3.63) is 23.4 Å². The molecule has 0 aliphatic carbocycles. The van der Waals surface area contributed by atoms with E-state index in [1.54, 1.807) is 0 Å². The highest BCUT2D eigenvalue weighted by molar-refractivity contribution is 4.90. The van der Waals surface area contributed by atoms with Gasteiger partial charge in [-0.3, -0.25) is 4.90 Å². The third kappa shape index (κ3) is 4.41. The van der Waals surface area contributed by atoms with E-state index in [1.165, 1.54) is 12.8 Å². The quantitative estimate of drug-likeness (QED) is 0.776. The van der Waals surface area contributed by atoms with Crippen molar-refractivity contribution in [2.45, 2.75) is 66.0 Å². The second-order valence-corrected chi connectivity index (χ2v) is 6.84. The zero-order valence-electron chi connectivity index (χ0n) is 15.0. The molecule has 0 spiro atoms. The first-order valence-electron chi connectivity index (χ1n) is 9.06. The van der Waals surface area contributed by atoms with Crippen LogP contribution in [0.4, 0.5) is 0 Å². The highest BCUT2D eigenvalue weighted by Gasteiger charge is 2.22. The molecule has 3 heterocycles. The Hall–Kier alpha value is -1.76. The SMILES string of the molecule is CCCCc1nc(CN2CCC[C@H](Cn3nc(C)nc3C)C2)no1. The van der Waals surface area contributed by atoms with Crippen LogP contribution in [-0.2, 0) is 19.5 Å². The van der Waals surface area contributed by atoms with Crippen LogP contribution in [0.2, 0.25) is 0 Å². The van der Waals surface area contributed by atoms with Crippen LogP contribution in [0.3, 0.4) is 0 Å². The summed E-state index contributed by atoms with van der Waals surface area (Å²) in [4.78, 5) is 11.4. The largest absolute Gasteiger partial charge is 0.339 e. The fraction of sp³-hybridized carbons (Fsp3) is 0.765. The Morgan fingerprint density at radius 3 is 2.88 bits per heavy atom. The minimum atomic E-state index is 0.602. The number of piperidine rings is 1. The Morgan fingerprint density at radius 1 is 1.25 bits per heavy atom. The highest BCUT2D eigenvalue weighted by atomic mass is 16.5. The van der Waals surface area contributed by atoms with Crippen molar-refractivity contribution in [2.75, 3.05) is 13.1 Å². The van der Waals surface area contributed by atoms with Gasteiger partial charge >= 0.3 is 0 Å². The normalized spacial score (nSPS) is 19.0. The number of likely N-dealkylation sites (tertiary alicyclic amines) is 1. The van der Waals surface area contributed by atoms with Gasteiger partial charge in [0, 0.05) is 19.5 Å². The Balaban J connectivity index is 1.53. The minimum absolute atomic E-state index is 0.602. The van der Waals surface area contributed by atoms with Crippen LogP contribution < -0.4 is 0 Å². The van der Waals surface area contributed by atoms with Crippen molar-refractivity contribution in [1.82, 2.24) is 29.8 Å². The van der Waals surface area contributed by atoms with Crippen molar-refractivity contribution in [2.24, 2.45) is 5.92 Å². The van der Waals surface area contributed by atoms with Crippen LogP contribution >= 0.6 is 0 Å². The van der Waals surface area contributed by atoms with Crippen molar-refractivity contribution in [3.63, 3.8) is 0 Å². The van der Waals surface area contributed by atoms with Gasteiger partial charge in [0.1, 0.15) is 11.6 Å². The van der Waals surface area contributed by atoms with E-state index >= 15 is 0 Å². The van der Waals surface area contributed by atoms with E-state index in [4.69, 9.17) is 4.52 Å². The molecule has 1 aliphatic heterocycles. The predicted molar refractivity (Wildman–Crippen MR) is 90.4 cm³/mol. The Morgan fingerprint density at radius 2 is 2.12 bits per heavy atom. The van der Waals surface area contributed by atoms with Crippen molar-refractivity contribution >= 4 is 0 Å². The van der Waals surface area contributed by atoms with Gasteiger partial charge < -0.3 is 4.52 Å². The fourth-order valence-corrected chi connectivity index (χ4v) is 3.41. The van der Waals surface area contributed by atoms with E-state index in [2.05, 4.69) is 32.0 Å². The van der Waals surface area contributed by atoms with E-state index < -0.39 is 0 Å². The van der Waals surface area contributed by atoms with Crippen LogP contribution in [-0.4, -0.2) is 42.9 Å². The summed E-state index contributed by atoms with van der Waals surface area (Å²) < 4.78 is 7.38. The number of unbranched alkanes of at least 4 members (excludes halogenated alkanes) is 1. The lowest BCUT2D eigenvalue weighted by Crippen LogP contribution is -2.37. The average molecular weight is 332 g/mol. The molecule has 7 heteroatoms. The molecule has 2 aromatic rings. The van der Waals surface area contributed by atoms with Gasteiger partial charge in [-0.25, -0.2) is 9.67 Å². The number of nitrogens with zero attached hydrogens (tertiary/aromatic N) is 6. The lowest BCUT2D eigenvalue weighted by atomic mass is 9.98. The van der Waals surface area contributed by atoms with Gasteiger partial charge in [0.15, 0.2) is 5.82 Å². The molecule has 1 saturated heterocycles. The molecule has 7 nitrogen and oxygen atoms in total. The van der Waals surface area contributed by atoms with Crippen LogP contribution in [0.25, 0.3) is 0 Å². The van der Waals surface area contributed by atoms with Gasteiger partial charge in [0.25, 0.3) is 0 Å². The lowest BCUT2D eigenvalue weighted by Gasteiger charge is -2.31. The molecule has 0 amide bonds. The summed E-state index contributed by atoms with van der Waals surface area (Å²) in [5.74, 6) is 4.05. The number of aromatic nitrogens is 5. The molecule has 0 radical (unpaired) electrons. The van der Waals surface area contributed by atoms with E-state index in [0.717, 1.165) is 68.8 Å². The Bertz CT molecular complexity index is 649. The first kappa shape index (κ1) is 17.1. The van der Waals surface area contributed by atoms with Crippen molar-refractivity contribution in [3.8, 4) is 0 Å². The van der Waals surface area contributed by atoms with Crippen molar-refractivity contribution in [1.29, 1.82) is 0 Å². The molecule has 2 aromatic heterocycles. The molecule has 132 valence electrons. The molecule has 1 atom stereocenters. The molecule has 0 aromatic carbocycles. The minimum Gasteiger partial charge on any atom is -0.339 e. The predicted octanol–water partition coefficient (Wildman–Crippen LogP) is 2.53. The second kappa shape index (κ2) is 7.88. The number of hydrogen-bond acceptors (Lipinski definition) is 6. The third-order valence-corrected chi connectivity index (χ3v) is 4.62. The van der Waals surface area contributed by atoms with Gasteiger partial charge in [-0.1, -0.05) is 18.5 Å². The summed E-state index contributed by atoms with van der Waals surface area (Å²) in [7, 11) is 0. The van der Waals surface area contributed by atoms with Crippen molar-refractivity contribution < 1.29 is 4.52 Å². The molecule has 0 bridgehead atoms. The summed E-state index contributed by atoms with van der Waals surface area (Å²) >= 11 is 0. The maximum atomic E-state index is 5.34. The molecule has 0 unspecified atom stereocenters. The van der Waals surface area contributed by atoms with Gasteiger partial charge in [-0.2, -0.15) is 10.1 Å². The number of rotatable bonds is 7. The fourth-order valence-electron chi connectivity index (χ4n) is 3.41. The van der Waals surface area contributed by atoms with Crippen LogP contribution in [0, 0.1) is 19.8 Å². The Kier molecular flexibility index (Phi) is 5.60. The van der Waals surface area contributed by atoms with Crippen LogP contribution in [0.1, 0.15) is 56.0 Å². The maximum absolute atomic E-state index is 5.34. The summed E-state index contributed by atoms with van der Waals surface area (Å²) in [6.45, 7) is 10.0. The molecule has 1 aliphatic rings. The van der Waals surface area contributed by atoms with Crippen LogP contribution in [0.15, 0.2) is 4.52 Å². The average Bonchev–Trinajstić information content (AvgIpc) is 3.12. The first-order valence-corrected chi connectivity index (χ1v) is 9.06. The van der Waals surface area contributed by atoms with E-state index in [1.807, 2.05) is 18.5 Å². The monoisotopic (exact) mass is 332 g/mol. The van der Waals surface area contributed by atoms with Gasteiger partial charge in [0.05, 0.1) is 6.54 Å². The summed E-state index contributed by atoms with van der Waals surface area (Å²) in [5, 5.41) is 8.63. The lowest BCUT2D eigenvalue weighted by molar-refractivity contribution is 0.148. The summed E-state index contributed by atoms with van der Waals surface area (Å²) in [6.07, 6.45) is 5.58. The van der Waals surface area contributed by atoms with E-state index in [-0.39, 0.29) is 0 Å². The summed E-state index contributed by atoms with van der Waals surface area (Å²) in [6, 6.07) is 0. The molecular weight excluding hydrogens is 304 g/mol. The van der Waals surface area contributed by atoms with Gasteiger partial charge in [-0.05, 0) is 45.6 Å². The standard InChI is InChI=1S/C17H28N6O/c1-4-5-8-17-19-16(21-24-17)12-22-9-6-7-15(10-22)11-23-14(3)18-13(2)20-23/h15H,4-12H2,1-3H3/t15-/m0/s1. The van der Waals surface area contributed by atoms with Crippen LogP contribution in [0.5, 0.6) is 0 Å². The van der Waals surface area contributed by atoms with Gasteiger partial charge in [-0.15, -0.1) is 0 Å². The first-order chi connectivity index (χ1) is 11.6. The third-order valence-electron chi connectivity index (χ3n) is 4.62. The Labute approximate surface area is 143 Å². The molecule has 0 saturated carbocycles. The topological polar surface area (TPSA) is 72.9 Å². The van der Waals surface area contributed by atoms with E-state index in [9.17, 15) is 0 Å². The second-order valence-electron chi connectivity index (χ2n) is 6.84. The smallest absolute Gasteiger partial charge is 0.226 e. The number of aryl methyl sites for hydroxylation is 3. The molecular formula is C17H28N6O. The zero-order valence-corrected chi connectivity index (χ0v) is 15.0. The number of hydrogen-bond donors (Lipinski definition) is 0.